The molecule has 1 amide bonds. The molecule has 5 nitrogen and oxygen atoms in total. The number of nitrogens with zero attached hydrogens (tertiary/aromatic N) is 2. The van der Waals surface area contributed by atoms with Crippen molar-refractivity contribution in [1.82, 2.24) is 10.1 Å². The van der Waals surface area contributed by atoms with Gasteiger partial charge in [-0.25, -0.2) is 4.39 Å². The summed E-state index contributed by atoms with van der Waals surface area (Å²) in [4.78, 5) is 15.4. The molecule has 2 fully saturated rings. The number of benzene rings is 1. The van der Waals surface area contributed by atoms with Gasteiger partial charge in [-0.15, -0.1) is 0 Å². The second kappa shape index (κ2) is 8.14. The summed E-state index contributed by atoms with van der Waals surface area (Å²) in [6.45, 7) is 9.34. The Morgan fingerprint density at radius 1 is 1.37 bits per heavy atom. The van der Waals surface area contributed by atoms with Crippen molar-refractivity contribution in [2.75, 3.05) is 13.2 Å². The Bertz CT molecular complexity index is 905. The summed E-state index contributed by atoms with van der Waals surface area (Å²) in [7, 11) is 0. The maximum absolute atomic E-state index is 13.8. The van der Waals surface area contributed by atoms with E-state index >= 15 is 0 Å². The smallest absolute Gasteiger partial charge is 0.227 e. The van der Waals surface area contributed by atoms with Gasteiger partial charge in [0, 0.05) is 12.1 Å². The molecule has 0 aliphatic carbocycles. The third-order valence-electron chi connectivity index (χ3n) is 6.98. The Hall–Kier alpha value is -2.21. The highest BCUT2D eigenvalue weighted by Gasteiger charge is 2.50. The van der Waals surface area contributed by atoms with Gasteiger partial charge >= 0.3 is 0 Å². The lowest BCUT2D eigenvalue weighted by Crippen LogP contribution is -2.56. The van der Waals surface area contributed by atoms with Crippen LogP contribution in [0.1, 0.15) is 61.8 Å². The standard InChI is InChI=1S/C24H31FN2O3/c1-15(2)21-13-24(14-29-23(21)18-7-5-8-19(25)11-18)9-6-10-27(24)22(28)12-20-16(3)26-30-17(20)4/h5,7-8,11,15,21,23H,6,9-10,12-14H2,1-4H3/t21-,23-,24-/m0/s1. The summed E-state index contributed by atoms with van der Waals surface area (Å²) >= 11 is 0. The molecule has 0 radical (unpaired) electrons. The first-order chi connectivity index (χ1) is 14.3. The zero-order valence-corrected chi connectivity index (χ0v) is 18.3. The fraction of sp³-hybridized carbons (Fsp3) is 0.583. The second-order valence-electron chi connectivity index (χ2n) is 9.25. The van der Waals surface area contributed by atoms with Crippen LogP contribution in [0.3, 0.4) is 0 Å². The van der Waals surface area contributed by atoms with Crippen LogP contribution in [0.4, 0.5) is 4.39 Å². The average Bonchev–Trinajstić information content (AvgIpc) is 3.26. The first-order valence-electron chi connectivity index (χ1n) is 10.9. The van der Waals surface area contributed by atoms with E-state index in [4.69, 9.17) is 9.26 Å². The number of carbonyl (C=O) groups is 1. The zero-order chi connectivity index (χ0) is 21.5. The van der Waals surface area contributed by atoms with Crippen molar-refractivity contribution in [3.63, 3.8) is 0 Å². The van der Waals surface area contributed by atoms with Gasteiger partial charge in [0.25, 0.3) is 0 Å². The van der Waals surface area contributed by atoms with Crippen LogP contribution in [0.5, 0.6) is 0 Å². The van der Waals surface area contributed by atoms with Gasteiger partial charge in [0.05, 0.1) is 30.4 Å². The molecule has 3 atom stereocenters. The summed E-state index contributed by atoms with van der Waals surface area (Å²) in [6.07, 6.45) is 2.96. The minimum Gasteiger partial charge on any atom is -0.371 e. The third-order valence-corrected chi connectivity index (χ3v) is 6.98. The molecule has 6 heteroatoms. The van der Waals surface area contributed by atoms with Gasteiger partial charge in [0.2, 0.25) is 5.91 Å². The summed E-state index contributed by atoms with van der Waals surface area (Å²) in [5.41, 5.74) is 2.27. The normalized spacial score (nSPS) is 26.7. The van der Waals surface area contributed by atoms with E-state index in [1.54, 1.807) is 12.1 Å². The molecule has 1 spiro atoms. The lowest BCUT2D eigenvalue weighted by Gasteiger charge is -2.48. The molecule has 2 saturated heterocycles. The highest BCUT2D eigenvalue weighted by atomic mass is 19.1. The van der Waals surface area contributed by atoms with Crippen LogP contribution in [0.25, 0.3) is 0 Å². The summed E-state index contributed by atoms with van der Waals surface area (Å²) < 4.78 is 25.5. The number of rotatable bonds is 4. The molecule has 2 aromatic rings. The Labute approximate surface area is 177 Å². The quantitative estimate of drug-likeness (QED) is 0.723. The Morgan fingerprint density at radius 2 is 2.17 bits per heavy atom. The second-order valence-corrected chi connectivity index (χ2v) is 9.25. The molecule has 0 unspecified atom stereocenters. The molecule has 1 aromatic carbocycles. The number of amides is 1. The van der Waals surface area contributed by atoms with Crippen LogP contribution >= 0.6 is 0 Å². The molecule has 2 aliphatic heterocycles. The van der Waals surface area contributed by atoms with Gasteiger partial charge in [0.1, 0.15) is 11.6 Å². The van der Waals surface area contributed by atoms with Crippen molar-refractivity contribution >= 4 is 5.91 Å². The number of aryl methyl sites for hydroxylation is 2. The molecule has 3 heterocycles. The number of aromatic nitrogens is 1. The maximum atomic E-state index is 13.8. The highest BCUT2D eigenvalue weighted by Crippen LogP contribution is 2.47. The maximum Gasteiger partial charge on any atom is 0.227 e. The molecule has 0 saturated carbocycles. The largest absolute Gasteiger partial charge is 0.371 e. The highest BCUT2D eigenvalue weighted by molar-refractivity contribution is 5.80. The van der Waals surface area contributed by atoms with Gasteiger partial charge in [0.15, 0.2) is 0 Å². The average molecular weight is 415 g/mol. The van der Waals surface area contributed by atoms with Gasteiger partial charge in [-0.1, -0.05) is 31.1 Å². The minimum absolute atomic E-state index is 0.109. The predicted molar refractivity (Wildman–Crippen MR) is 111 cm³/mol. The van der Waals surface area contributed by atoms with Gasteiger partial charge in [-0.3, -0.25) is 4.79 Å². The summed E-state index contributed by atoms with van der Waals surface area (Å²) in [5.74, 6) is 1.15. The number of likely N-dealkylation sites (tertiary alicyclic amines) is 1. The Morgan fingerprint density at radius 3 is 2.83 bits per heavy atom. The van der Waals surface area contributed by atoms with Crippen molar-refractivity contribution in [1.29, 1.82) is 0 Å². The fourth-order valence-electron chi connectivity index (χ4n) is 5.28. The SMILES string of the molecule is Cc1noc(C)c1CC(=O)N1CCC[C@]12CO[C@@H](c1cccc(F)c1)[C@H](C(C)C)C2. The van der Waals surface area contributed by atoms with E-state index in [2.05, 4.69) is 19.0 Å². The van der Waals surface area contributed by atoms with Gasteiger partial charge < -0.3 is 14.2 Å². The van der Waals surface area contributed by atoms with Crippen LogP contribution < -0.4 is 0 Å². The van der Waals surface area contributed by atoms with E-state index < -0.39 is 0 Å². The molecule has 2 aliphatic rings. The number of halogens is 1. The topological polar surface area (TPSA) is 55.6 Å². The van der Waals surface area contributed by atoms with Crippen LogP contribution in [-0.4, -0.2) is 34.7 Å². The molecule has 4 rings (SSSR count). The Kier molecular flexibility index (Phi) is 5.71. The molecule has 162 valence electrons. The molecular formula is C24H31FN2O3. The summed E-state index contributed by atoms with van der Waals surface area (Å²) in [5, 5.41) is 3.98. The monoisotopic (exact) mass is 414 g/mol. The first kappa shape index (κ1) is 21.0. The Balaban J connectivity index is 1.57. The lowest BCUT2D eigenvalue weighted by atomic mass is 9.73. The number of hydrogen-bond donors (Lipinski definition) is 0. The van der Waals surface area contributed by atoms with E-state index in [0.717, 1.165) is 42.6 Å². The molecule has 30 heavy (non-hydrogen) atoms. The van der Waals surface area contributed by atoms with Crippen molar-refractivity contribution < 1.29 is 18.4 Å². The lowest BCUT2D eigenvalue weighted by molar-refractivity contribution is -0.152. The van der Waals surface area contributed by atoms with Gasteiger partial charge in [-0.2, -0.15) is 0 Å². The molecular weight excluding hydrogens is 383 g/mol. The van der Waals surface area contributed by atoms with E-state index in [-0.39, 0.29) is 29.3 Å². The predicted octanol–water partition coefficient (Wildman–Crippen LogP) is 4.77. The molecule has 0 N–H and O–H groups in total. The minimum atomic E-state index is -0.283. The van der Waals surface area contributed by atoms with Gasteiger partial charge in [-0.05, 0) is 62.6 Å². The number of carbonyl (C=O) groups excluding carboxylic acids is 1. The number of ether oxygens (including phenoxy) is 1. The van der Waals surface area contributed by atoms with Crippen LogP contribution in [0.2, 0.25) is 0 Å². The van der Waals surface area contributed by atoms with Crippen LogP contribution in [0, 0.1) is 31.5 Å². The van der Waals surface area contributed by atoms with Crippen LogP contribution in [0.15, 0.2) is 28.8 Å². The first-order valence-corrected chi connectivity index (χ1v) is 10.9. The zero-order valence-electron chi connectivity index (χ0n) is 18.3. The molecule has 1 aromatic heterocycles. The van der Waals surface area contributed by atoms with E-state index in [1.807, 2.05) is 24.8 Å². The van der Waals surface area contributed by atoms with E-state index in [9.17, 15) is 9.18 Å². The van der Waals surface area contributed by atoms with Crippen molar-refractivity contribution in [2.45, 2.75) is 65.0 Å². The van der Waals surface area contributed by atoms with E-state index in [0.29, 0.717) is 24.7 Å². The van der Waals surface area contributed by atoms with Crippen molar-refractivity contribution in [3.8, 4) is 0 Å². The fourth-order valence-corrected chi connectivity index (χ4v) is 5.28. The summed E-state index contributed by atoms with van der Waals surface area (Å²) in [6, 6.07) is 6.72. The third kappa shape index (κ3) is 3.78. The molecule has 0 bridgehead atoms. The van der Waals surface area contributed by atoms with Crippen LogP contribution in [-0.2, 0) is 16.0 Å². The van der Waals surface area contributed by atoms with Crippen molar-refractivity contribution in [3.05, 3.63) is 52.7 Å². The van der Waals surface area contributed by atoms with E-state index in [1.165, 1.54) is 6.07 Å². The van der Waals surface area contributed by atoms with Crippen molar-refractivity contribution in [2.24, 2.45) is 11.8 Å². The number of hydrogen-bond acceptors (Lipinski definition) is 4.